The highest BCUT2D eigenvalue weighted by molar-refractivity contribution is 6.04. The van der Waals surface area contributed by atoms with E-state index >= 15 is 0 Å². The lowest BCUT2D eigenvalue weighted by molar-refractivity contribution is 0.487. The second-order valence-electron chi connectivity index (χ2n) is 15.4. The SMILES string of the molecule is CC1(C)c2ccccc2-c2ccc(-c3cc(-c4ccc5c(c4)-c4cccc6cccc(c46)O5)cc(-c4cc(-c5ccccc5)nc(-c5ccccc5)n4)c3)cc21. The van der Waals surface area contributed by atoms with Gasteiger partial charge in [0.15, 0.2) is 5.82 Å². The topological polar surface area (TPSA) is 35.0 Å². The maximum atomic E-state index is 6.51. The molecule has 2 heterocycles. The average Bonchev–Trinajstić information content (AvgIpc) is 3.49. The monoisotopic (exact) mass is 716 g/mol. The number of hydrogen-bond donors (Lipinski definition) is 0. The van der Waals surface area contributed by atoms with Gasteiger partial charge in [0, 0.05) is 33.1 Å². The fourth-order valence-corrected chi connectivity index (χ4v) is 8.80. The van der Waals surface area contributed by atoms with Crippen LogP contribution in [0.2, 0.25) is 0 Å². The van der Waals surface area contributed by atoms with Crippen molar-refractivity contribution < 1.29 is 4.74 Å². The van der Waals surface area contributed by atoms with E-state index in [9.17, 15) is 0 Å². The van der Waals surface area contributed by atoms with Gasteiger partial charge in [-0.2, -0.15) is 0 Å². The number of fused-ring (bicyclic) bond motifs is 5. The smallest absolute Gasteiger partial charge is 0.160 e. The van der Waals surface area contributed by atoms with Crippen molar-refractivity contribution in [2.75, 3.05) is 0 Å². The first-order valence-corrected chi connectivity index (χ1v) is 19.2. The summed E-state index contributed by atoms with van der Waals surface area (Å²) in [6.07, 6.45) is 0. The fraction of sp³-hybridized carbons (Fsp3) is 0.0566. The van der Waals surface area contributed by atoms with Gasteiger partial charge in [-0.25, -0.2) is 9.97 Å². The molecule has 11 rings (SSSR count). The highest BCUT2D eigenvalue weighted by Gasteiger charge is 2.35. The van der Waals surface area contributed by atoms with E-state index in [0.717, 1.165) is 67.2 Å². The minimum Gasteiger partial charge on any atom is -0.456 e. The van der Waals surface area contributed by atoms with E-state index in [1.807, 2.05) is 24.3 Å². The quantitative estimate of drug-likeness (QED) is 0.178. The number of aromatic nitrogens is 2. The number of ether oxygens (including phenoxy) is 1. The molecule has 0 spiro atoms. The largest absolute Gasteiger partial charge is 0.456 e. The molecule has 0 saturated heterocycles. The van der Waals surface area contributed by atoms with Gasteiger partial charge in [-0.15, -0.1) is 0 Å². The molecule has 8 aromatic carbocycles. The summed E-state index contributed by atoms with van der Waals surface area (Å²) in [6, 6.07) is 64.9. The summed E-state index contributed by atoms with van der Waals surface area (Å²) in [4.78, 5) is 10.4. The Morgan fingerprint density at radius 3 is 1.77 bits per heavy atom. The van der Waals surface area contributed by atoms with Gasteiger partial charge in [-0.05, 0) is 104 Å². The van der Waals surface area contributed by atoms with Crippen LogP contribution in [-0.4, -0.2) is 9.97 Å². The molecule has 3 nitrogen and oxygen atoms in total. The maximum Gasteiger partial charge on any atom is 0.160 e. The normalized spacial score (nSPS) is 13.1. The summed E-state index contributed by atoms with van der Waals surface area (Å²) in [5.74, 6) is 2.47. The lowest BCUT2D eigenvalue weighted by Crippen LogP contribution is -2.14. The van der Waals surface area contributed by atoms with Crippen molar-refractivity contribution >= 4 is 10.8 Å². The van der Waals surface area contributed by atoms with E-state index in [1.165, 1.54) is 38.8 Å². The molecule has 56 heavy (non-hydrogen) atoms. The molecule has 2 aliphatic rings. The van der Waals surface area contributed by atoms with Crippen LogP contribution in [0.25, 0.3) is 89.2 Å². The molecule has 9 aromatic rings. The average molecular weight is 717 g/mol. The lowest BCUT2D eigenvalue weighted by atomic mass is 9.81. The van der Waals surface area contributed by atoms with Gasteiger partial charge in [0.2, 0.25) is 0 Å². The van der Waals surface area contributed by atoms with Crippen molar-refractivity contribution in [2.45, 2.75) is 19.3 Å². The predicted octanol–water partition coefficient (Wildman–Crippen LogP) is 14.0. The highest BCUT2D eigenvalue weighted by Crippen LogP contribution is 2.51. The zero-order chi connectivity index (χ0) is 37.4. The van der Waals surface area contributed by atoms with Crippen LogP contribution in [0.5, 0.6) is 11.5 Å². The Balaban J connectivity index is 1.13. The highest BCUT2D eigenvalue weighted by atomic mass is 16.5. The Morgan fingerprint density at radius 2 is 0.982 bits per heavy atom. The van der Waals surface area contributed by atoms with Crippen LogP contribution in [0.15, 0.2) is 182 Å². The van der Waals surface area contributed by atoms with E-state index in [0.29, 0.717) is 5.82 Å². The van der Waals surface area contributed by atoms with Crippen molar-refractivity contribution in [2.24, 2.45) is 0 Å². The maximum absolute atomic E-state index is 6.51. The van der Waals surface area contributed by atoms with Crippen molar-refractivity contribution in [1.29, 1.82) is 0 Å². The summed E-state index contributed by atoms with van der Waals surface area (Å²) < 4.78 is 6.51. The van der Waals surface area contributed by atoms with E-state index in [2.05, 4.69) is 172 Å². The van der Waals surface area contributed by atoms with Gasteiger partial charge in [-0.1, -0.05) is 147 Å². The van der Waals surface area contributed by atoms with E-state index in [1.54, 1.807) is 0 Å². The first kappa shape index (κ1) is 32.3. The molecule has 0 bridgehead atoms. The van der Waals surface area contributed by atoms with E-state index in [-0.39, 0.29) is 5.41 Å². The molecule has 1 aliphatic carbocycles. The van der Waals surface area contributed by atoms with Gasteiger partial charge in [-0.3, -0.25) is 0 Å². The minimum absolute atomic E-state index is 0.111. The third kappa shape index (κ3) is 5.20. The molecule has 0 fully saturated rings. The fourth-order valence-electron chi connectivity index (χ4n) is 8.80. The summed E-state index contributed by atoms with van der Waals surface area (Å²) >= 11 is 0. The molecule has 1 aromatic heterocycles. The zero-order valence-corrected chi connectivity index (χ0v) is 31.1. The minimum atomic E-state index is -0.111. The van der Waals surface area contributed by atoms with Crippen molar-refractivity contribution in [3.05, 3.63) is 193 Å². The van der Waals surface area contributed by atoms with Crippen LogP contribution in [0.3, 0.4) is 0 Å². The standard InChI is InChI=1S/C53H36N2O/c1-53(2)45-21-10-9-19-41(45)42-25-23-37(31-46(42)53)39-27-38(36-24-26-49-44(30-36)43-20-11-17-34-18-12-22-50(56-49)51(34)43)28-40(29-39)48-32-47(33-13-5-3-6-14-33)54-52(55-48)35-15-7-4-8-16-35/h3-32H,1-2H3. The van der Waals surface area contributed by atoms with Crippen LogP contribution < -0.4 is 4.74 Å². The molecular formula is C53H36N2O. The Hall–Kier alpha value is -7.10. The molecule has 1 aliphatic heterocycles. The Labute approximate surface area is 326 Å². The summed E-state index contributed by atoms with van der Waals surface area (Å²) in [5.41, 5.74) is 16.9. The predicted molar refractivity (Wildman–Crippen MR) is 230 cm³/mol. The Morgan fingerprint density at radius 1 is 0.375 bits per heavy atom. The summed E-state index contributed by atoms with van der Waals surface area (Å²) in [7, 11) is 0. The van der Waals surface area contributed by atoms with Crippen LogP contribution in [0, 0.1) is 0 Å². The van der Waals surface area contributed by atoms with Crippen LogP contribution >= 0.6 is 0 Å². The molecule has 264 valence electrons. The second kappa shape index (κ2) is 12.5. The van der Waals surface area contributed by atoms with E-state index in [4.69, 9.17) is 14.7 Å². The molecule has 0 radical (unpaired) electrons. The van der Waals surface area contributed by atoms with Gasteiger partial charge in [0.25, 0.3) is 0 Å². The zero-order valence-electron chi connectivity index (χ0n) is 31.1. The molecule has 3 heteroatoms. The third-order valence-corrected chi connectivity index (χ3v) is 11.7. The first-order chi connectivity index (χ1) is 27.5. The van der Waals surface area contributed by atoms with E-state index < -0.39 is 0 Å². The molecule has 0 saturated carbocycles. The van der Waals surface area contributed by atoms with Gasteiger partial charge >= 0.3 is 0 Å². The molecule has 0 unspecified atom stereocenters. The van der Waals surface area contributed by atoms with Crippen LogP contribution in [-0.2, 0) is 5.41 Å². The lowest BCUT2D eigenvalue weighted by Gasteiger charge is -2.22. The molecule has 0 amide bonds. The summed E-state index contributed by atoms with van der Waals surface area (Å²) in [6.45, 7) is 4.68. The van der Waals surface area contributed by atoms with Gasteiger partial charge in [0.1, 0.15) is 11.5 Å². The number of rotatable bonds is 5. The second-order valence-corrected chi connectivity index (χ2v) is 15.4. The number of nitrogens with zero attached hydrogens (tertiary/aromatic N) is 2. The van der Waals surface area contributed by atoms with Gasteiger partial charge in [0.05, 0.1) is 11.4 Å². The van der Waals surface area contributed by atoms with Crippen LogP contribution in [0.1, 0.15) is 25.0 Å². The summed E-state index contributed by atoms with van der Waals surface area (Å²) in [5, 5.41) is 2.33. The first-order valence-electron chi connectivity index (χ1n) is 19.2. The Bertz CT molecular complexity index is 2960. The molecule has 0 atom stereocenters. The van der Waals surface area contributed by atoms with Crippen molar-refractivity contribution in [3.8, 4) is 89.9 Å². The van der Waals surface area contributed by atoms with Crippen molar-refractivity contribution in [1.82, 2.24) is 9.97 Å². The van der Waals surface area contributed by atoms with Crippen molar-refractivity contribution in [3.63, 3.8) is 0 Å². The Kier molecular flexibility index (Phi) is 7.20. The number of benzene rings is 8. The molecular weight excluding hydrogens is 681 g/mol. The molecule has 0 N–H and O–H groups in total. The number of hydrogen-bond acceptors (Lipinski definition) is 3. The van der Waals surface area contributed by atoms with Crippen LogP contribution in [0.4, 0.5) is 0 Å². The third-order valence-electron chi connectivity index (χ3n) is 11.7. The van der Waals surface area contributed by atoms with Gasteiger partial charge < -0.3 is 4.74 Å².